The smallest absolute Gasteiger partial charge is 0.403 e. The maximum absolute atomic E-state index is 17.7. The summed E-state index contributed by atoms with van der Waals surface area (Å²) in [5.41, 5.74) is 16.6. The highest BCUT2D eigenvalue weighted by atomic mass is 31.3. The zero-order valence-electron chi connectivity index (χ0n) is 52.2. The molecule has 0 bridgehead atoms. The van der Waals surface area contributed by atoms with Gasteiger partial charge in [0, 0.05) is 44.5 Å². The fraction of sp³-hybridized carbons (Fsp3) is 0. The van der Waals surface area contributed by atoms with Crippen molar-refractivity contribution in [2.75, 3.05) is 0 Å². The predicted molar refractivity (Wildman–Crippen MR) is 398 cm³/mol. The van der Waals surface area contributed by atoms with Gasteiger partial charge in [-0.05, 0) is 134 Å². The molecule has 16 aromatic rings. The average Bonchev–Trinajstić information content (AvgIpc) is 1.67. The molecule has 0 saturated heterocycles. The van der Waals surface area contributed by atoms with Crippen molar-refractivity contribution >= 4 is 58.6 Å². The lowest BCUT2D eigenvalue weighted by atomic mass is 9.86. The Kier molecular flexibility index (Phi) is 14.1. The highest BCUT2D eigenvalue weighted by Gasteiger charge is 2.50. The molecular formula is C88H57NO6P2. The molecule has 2 heterocycles. The zero-order chi connectivity index (χ0) is 64.6. The van der Waals surface area contributed by atoms with Gasteiger partial charge in [0.2, 0.25) is 0 Å². The molecule has 1 N–H and O–H groups in total. The van der Waals surface area contributed by atoms with Crippen LogP contribution < -0.4 is 23.0 Å². The third kappa shape index (κ3) is 10.4. The fourth-order valence-corrected chi connectivity index (χ4v) is 17.8. The van der Waals surface area contributed by atoms with E-state index in [1.54, 1.807) is 0 Å². The molecule has 0 unspecified atom stereocenters. The number of fused-ring (bicyclic) bond motifs is 14. The first-order chi connectivity index (χ1) is 47.8. The van der Waals surface area contributed by atoms with Crippen LogP contribution >= 0.6 is 15.5 Å². The predicted octanol–water partition coefficient (Wildman–Crippen LogP) is 25.0. The Balaban J connectivity index is 0.898. The molecule has 0 aliphatic carbocycles. The minimum absolute atomic E-state index is 0.250. The number of rotatable bonds is 10. The van der Waals surface area contributed by atoms with Crippen LogP contribution in [0.5, 0.6) is 23.0 Å². The van der Waals surface area contributed by atoms with Crippen LogP contribution in [-0.2, 0) is 9.13 Å². The quantitative estimate of drug-likeness (QED) is 0.137. The Morgan fingerprint density at radius 1 is 0.196 bits per heavy atom. The van der Waals surface area contributed by atoms with Crippen LogP contribution in [0.2, 0.25) is 0 Å². The first kappa shape index (κ1) is 57.8. The largest absolute Gasteiger partial charge is 0.524 e. The van der Waals surface area contributed by atoms with E-state index in [0.29, 0.717) is 44.5 Å². The second kappa shape index (κ2) is 23.6. The Morgan fingerprint density at radius 3 is 0.588 bits per heavy atom. The lowest BCUT2D eigenvalue weighted by molar-refractivity contribution is 0.359. The molecule has 97 heavy (non-hydrogen) atoms. The van der Waals surface area contributed by atoms with Gasteiger partial charge in [0.1, 0.15) is 23.0 Å². The molecule has 460 valence electrons. The molecule has 9 heteroatoms. The summed E-state index contributed by atoms with van der Waals surface area (Å²) >= 11 is 0. The Labute approximate surface area is 561 Å². The van der Waals surface area contributed by atoms with E-state index in [-0.39, 0.29) is 23.0 Å². The van der Waals surface area contributed by atoms with E-state index >= 15 is 9.13 Å². The summed E-state index contributed by atoms with van der Waals surface area (Å²) in [6.45, 7) is 0. The summed E-state index contributed by atoms with van der Waals surface area (Å²) in [7, 11) is -10.4. The van der Waals surface area contributed by atoms with Crippen LogP contribution in [0.3, 0.4) is 0 Å². The molecule has 2 aliphatic rings. The molecule has 0 amide bonds. The standard InChI is InChI=1S/C88H57NO6P2/c90-96(92-85-77(65-45-37-61(38-46-65)57-21-5-1-6-22-57)53-69-29-13-17-33-73(69)81(85)82-74-34-18-14-30-70(74)54-78(86(82)93-96)66-47-39-62(40-48-66)58-23-7-2-8-24-58)89-97(91)94-87-79(67-49-41-63(42-50-67)59-25-9-3-10-26-59)55-71-31-15-19-35-75(71)83(87)84-76-36-20-16-32-72(76)56-80(88(84)95-97)68-51-43-64(44-52-68)60-27-11-4-12-28-60/h1-56H,(H,89,90,91). The summed E-state index contributed by atoms with van der Waals surface area (Å²) in [5, 5.41) is 6.93. The molecule has 0 fully saturated rings. The van der Waals surface area contributed by atoms with Crippen molar-refractivity contribution in [1.29, 1.82) is 0 Å². The number of benzene rings is 16. The second-order valence-corrected chi connectivity index (χ2v) is 28.2. The normalized spacial score (nSPS) is 13.4. The maximum atomic E-state index is 17.7. The maximum Gasteiger partial charge on any atom is 0.524 e. The van der Waals surface area contributed by atoms with Crippen molar-refractivity contribution in [3.05, 3.63) is 340 Å². The second-order valence-electron chi connectivity index (χ2n) is 24.6. The molecule has 0 atom stereocenters. The van der Waals surface area contributed by atoms with E-state index in [4.69, 9.17) is 18.1 Å². The van der Waals surface area contributed by atoms with Gasteiger partial charge in [-0.2, -0.15) is 0 Å². The van der Waals surface area contributed by atoms with Crippen molar-refractivity contribution in [1.82, 2.24) is 4.86 Å². The highest BCUT2D eigenvalue weighted by Crippen LogP contribution is 2.69. The molecule has 0 spiro atoms. The van der Waals surface area contributed by atoms with Gasteiger partial charge < -0.3 is 18.1 Å². The van der Waals surface area contributed by atoms with Crippen LogP contribution in [0.25, 0.3) is 154 Å². The van der Waals surface area contributed by atoms with Crippen LogP contribution in [0.4, 0.5) is 0 Å². The molecular weight excluding hydrogens is 1230 g/mol. The van der Waals surface area contributed by atoms with Crippen LogP contribution in [0.1, 0.15) is 0 Å². The van der Waals surface area contributed by atoms with E-state index in [2.05, 4.69) is 223 Å². The molecule has 0 aromatic heterocycles. The van der Waals surface area contributed by atoms with Gasteiger partial charge in [-0.3, -0.25) is 0 Å². The molecule has 16 aromatic carbocycles. The lowest BCUT2D eigenvalue weighted by Crippen LogP contribution is -2.21. The van der Waals surface area contributed by atoms with Gasteiger partial charge in [0.15, 0.2) is 0 Å². The summed E-state index contributed by atoms with van der Waals surface area (Å²) < 4.78 is 65.0. The molecule has 0 radical (unpaired) electrons. The summed E-state index contributed by atoms with van der Waals surface area (Å²) in [4.78, 5) is 3.11. The van der Waals surface area contributed by atoms with Gasteiger partial charge in [0.25, 0.3) is 0 Å². The van der Waals surface area contributed by atoms with Crippen LogP contribution in [-0.4, -0.2) is 0 Å². The van der Waals surface area contributed by atoms with Gasteiger partial charge in [-0.25, -0.2) is 9.13 Å². The molecule has 18 rings (SSSR count). The lowest BCUT2D eigenvalue weighted by Gasteiger charge is -2.26. The van der Waals surface area contributed by atoms with Crippen molar-refractivity contribution in [3.8, 4) is 134 Å². The van der Waals surface area contributed by atoms with Crippen LogP contribution in [0, 0.1) is 0 Å². The van der Waals surface area contributed by atoms with Crippen molar-refractivity contribution in [2.45, 2.75) is 0 Å². The third-order valence-electron chi connectivity index (χ3n) is 18.8. The van der Waals surface area contributed by atoms with Crippen molar-refractivity contribution < 1.29 is 27.2 Å². The van der Waals surface area contributed by atoms with E-state index in [0.717, 1.165) is 110 Å². The molecule has 2 aliphatic heterocycles. The highest BCUT2D eigenvalue weighted by molar-refractivity contribution is 7.68. The summed E-state index contributed by atoms with van der Waals surface area (Å²) in [6, 6.07) is 115. The van der Waals surface area contributed by atoms with E-state index in [1.165, 1.54) is 0 Å². The van der Waals surface area contributed by atoms with E-state index in [9.17, 15) is 0 Å². The third-order valence-corrected chi connectivity index (χ3v) is 22.5. The van der Waals surface area contributed by atoms with Gasteiger partial charge in [0.05, 0.1) is 0 Å². The van der Waals surface area contributed by atoms with E-state index in [1.807, 2.05) is 121 Å². The van der Waals surface area contributed by atoms with Crippen molar-refractivity contribution in [2.24, 2.45) is 0 Å². The van der Waals surface area contributed by atoms with Gasteiger partial charge >= 0.3 is 15.5 Å². The Morgan fingerprint density at radius 2 is 0.371 bits per heavy atom. The first-order valence-electron chi connectivity index (χ1n) is 32.4. The first-order valence-corrected chi connectivity index (χ1v) is 35.5. The Hall–Kier alpha value is -11.8. The molecule has 0 saturated carbocycles. The van der Waals surface area contributed by atoms with Gasteiger partial charge in [-0.15, -0.1) is 0 Å². The van der Waals surface area contributed by atoms with Gasteiger partial charge in [-0.1, -0.05) is 320 Å². The monoisotopic (exact) mass is 1290 g/mol. The zero-order valence-corrected chi connectivity index (χ0v) is 54.0. The summed E-state index contributed by atoms with van der Waals surface area (Å²) in [6.07, 6.45) is 0. The van der Waals surface area contributed by atoms with Crippen LogP contribution in [0.15, 0.2) is 340 Å². The van der Waals surface area contributed by atoms with Crippen molar-refractivity contribution in [3.63, 3.8) is 0 Å². The fourth-order valence-electron chi connectivity index (χ4n) is 14.2. The number of hydrogen-bond acceptors (Lipinski definition) is 6. The topological polar surface area (TPSA) is 83.1 Å². The summed E-state index contributed by atoms with van der Waals surface area (Å²) in [5.74, 6) is 1.00. The minimum atomic E-state index is -5.18. The average molecular weight is 1290 g/mol. The minimum Gasteiger partial charge on any atom is -0.403 e. The molecule has 7 nitrogen and oxygen atoms in total. The van der Waals surface area contributed by atoms with E-state index < -0.39 is 15.5 Å². The number of nitrogens with one attached hydrogen (secondary N) is 1. The SMILES string of the molecule is O=P1(NP2(=O)Oc3c(-c4ccc(-c5ccccc5)cc4)cc4ccccc4c3-c3c(c(-c4ccc(-c5ccccc5)cc4)cc4ccccc34)O2)Oc2c(-c3ccc(-c4ccccc4)cc3)cc3ccccc3c2-c2c(c(-c3ccc(-c4ccccc4)cc3)cc3ccccc23)O1. The Bertz CT molecular complexity index is 5150. The number of hydrogen-bond donors (Lipinski definition) is 1.